The van der Waals surface area contributed by atoms with Gasteiger partial charge in [0.25, 0.3) is 0 Å². The monoisotopic (exact) mass is 261 g/mol. The predicted octanol–water partition coefficient (Wildman–Crippen LogP) is 3.93. The van der Waals surface area contributed by atoms with Crippen LogP contribution in [0.2, 0.25) is 0 Å². The Morgan fingerprint density at radius 1 is 0.833 bits per heavy atom. The third-order valence-electron chi connectivity index (χ3n) is 3.21. The highest BCUT2D eigenvalue weighted by atomic mass is 32.1. The van der Waals surface area contributed by atoms with E-state index in [1.165, 1.54) is 11.4 Å². The van der Waals surface area contributed by atoms with Gasteiger partial charge in [0.1, 0.15) is 22.4 Å². The van der Waals surface area contributed by atoms with E-state index in [0.717, 1.165) is 33.5 Å². The Kier molecular flexibility index (Phi) is 2.55. The molecule has 0 fully saturated rings. The molecule has 0 radical (unpaired) electrons. The molecule has 0 spiro atoms. The molecule has 18 heavy (non-hydrogen) atoms. The highest BCUT2D eigenvalue weighted by Crippen LogP contribution is 2.47. The Morgan fingerprint density at radius 2 is 1.28 bits per heavy atom. The number of hydrogen-bond acceptors (Lipinski definition) is 4. The van der Waals surface area contributed by atoms with E-state index in [1.54, 1.807) is 0 Å². The summed E-state index contributed by atoms with van der Waals surface area (Å²) in [6.07, 6.45) is 0. The molecule has 0 saturated carbocycles. The smallest absolute Gasteiger partial charge is 0.119 e. The second-order valence-electron chi connectivity index (χ2n) is 5.12. The van der Waals surface area contributed by atoms with Crippen molar-refractivity contribution in [2.75, 3.05) is 0 Å². The van der Waals surface area contributed by atoms with Crippen LogP contribution in [0.25, 0.3) is 11.0 Å². The number of nitrogens with one attached hydrogen (secondary N) is 1. The number of aromatic nitrogens is 3. The lowest BCUT2D eigenvalue weighted by Gasteiger charge is -2.15. The molecule has 1 aromatic carbocycles. The third-order valence-corrected chi connectivity index (χ3v) is 3.74. The number of fused-ring (bicyclic) bond motifs is 2. The normalized spacial score (nSPS) is 13.7. The van der Waals surface area contributed by atoms with E-state index in [9.17, 15) is 0 Å². The Bertz CT molecular complexity index is 638. The molecule has 1 N–H and O–H groups in total. The second-order valence-corrected chi connectivity index (χ2v) is 5.65. The molecule has 0 atom stereocenters. The van der Waals surface area contributed by atoms with Crippen molar-refractivity contribution in [2.24, 2.45) is 8.73 Å². The van der Waals surface area contributed by atoms with Gasteiger partial charge in [-0.05, 0) is 11.8 Å². The van der Waals surface area contributed by atoms with Gasteiger partial charge in [0.15, 0.2) is 0 Å². The van der Waals surface area contributed by atoms with Gasteiger partial charge in [0.2, 0.25) is 0 Å². The number of H-pyrrole nitrogens is 1. The fourth-order valence-electron chi connectivity index (χ4n) is 2.47. The Balaban J connectivity index is 2.49. The maximum Gasteiger partial charge on any atom is 0.119 e. The summed E-state index contributed by atoms with van der Waals surface area (Å²) in [5, 5.41) is 11.4. The maximum absolute atomic E-state index is 4.46. The van der Waals surface area contributed by atoms with E-state index in [4.69, 9.17) is 0 Å². The number of rotatable bonds is 2. The van der Waals surface area contributed by atoms with Crippen LogP contribution in [0.15, 0.2) is 8.73 Å². The average Bonchev–Trinajstić information content (AvgIpc) is 2.91. The summed E-state index contributed by atoms with van der Waals surface area (Å²) in [7, 11) is 0. The van der Waals surface area contributed by atoms with Crippen LogP contribution in [0, 0.1) is 0 Å². The van der Waals surface area contributed by atoms with Gasteiger partial charge in [0.05, 0.1) is 11.4 Å². The van der Waals surface area contributed by atoms with Crippen LogP contribution >= 0.6 is 0 Å². The number of aromatic amines is 1. The van der Waals surface area contributed by atoms with E-state index in [1.807, 2.05) is 0 Å². The van der Waals surface area contributed by atoms with Gasteiger partial charge in [0, 0.05) is 11.1 Å². The topological polar surface area (TPSA) is 66.3 Å². The van der Waals surface area contributed by atoms with Crippen molar-refractivity contribution in [2.45, 2.75) is 39.5 Å². The fourth-order valence-corrected chi connectivity index (χ4v) is 3.04. The van der Waals surface area contributed by atoms with Crippen molar-refractivity contribution in [3.05, 3.63) is 11.1 Å². The Labute approximate surface area is 109 Å². The molecule has 1 aromatic heterocycles. The molecule has 1 aliphatic heterocycles. The van der Waals surface area contributed by atoms with Gasteiger partial charge in [-0.1, -0.05) is 27.7 Å². The molecule has 1 aliphatic rings. The number of benzene rings is 1. The average molecular weight is 261 g/mol. The van der Waals surface area contributed by atoms with Crippen LogP contribution in [0.5, 0.6) is 0 Å². The molecule has 0 saturated heterocycles. The van der Waals surface area contributed by atoms with Gasteiger partial charge >= 0.3 is 0 Å². The lowest BCUT2D eigenvalue weighted by Crippen LogP contribution is -1.96. The quantitative estimate of drug-likeness (QED) is 0.759. The first-order chi connectivity index (χ1) is 8.61. The molecular formula is C12H15N5S. The van der Waals surface area contributed by atoms with E-state index < -0.39 is 0 Å². The van der Waals surface area contributed by atoms with Crippen LogP contribution in [0.3, 0.4) is 0 Å². The fraction of sp³-hybridized carbons (Fsp3) is 0.500. The molecule has 0 bridgehead atoms. The second kappa shape index (κ2) is 3.98. The van der Waals surface area contributed by atoms with E-state index in [-0.39, 0.29) is 0 Å². The van der Waals surface area contributed by atoms with E-state index in [2.05, 4.69) is 51.8 Å². The molecule has 0 amide bonds. The van der Waals surface area contributed by atoms with Gasteiger partial charge in [-0.25, -0.2) is 0 Å². The van der Waals surface area contributed by atoms with E-state index >= 15 is 0 Å². The molecule has 0 unspecified atom stereocenters. The minimum atomic E-state index is 0.352. The van der Waals surface area contributed by atoms with Crippen LogP contribution in [0.1, 0.15) is 50.7 Å². The van der Waals surface area contributed by atoms with E-state index in [0.29, 0.717) is 11.8 Å². The number of nitrogens with zero attached hydrogens (tertiary/aromatic N) is 4. The zero-order chi connectivity index (χ0) is 12.9. The summed E-state index contributed by atoms with van der Waals surface area (Å²) in [6, 6.07) is 0. The van der Waals surface area contributed by atoms with Gasteiger partial charge in [-0.3, -0.25) is 0 Å². The first kappa shape index (κ1) is 11.5. The molecule has 2 heterocycles. The molecule has 94 valence electrons. The van der Waals surface area contributed by atoms with Crippen molar-refractivity contribution < 1.29 is 0 Å². The first-order valence-corrected chi connectivity index (χ1v) is 6.82. The minimum absolute atomic E-state index is 0.352. The Hall–Kier alpha value is -1.56. The van der Waals surface area contributed by atoms with Crippen LogP contribution < -0.4 is 0 Å². The third kappa shape index (κ3) is 1.45. The SMILES string of the molecule is CC(C)c1c2c(c(C(C)C)c3n[nH]nc13)N=S=N2. The highest BCUT2D eigenvalue weighted by molar-refractivity contribution is 7.58. The molecule has 6 heteroatoms. The molecular weight excluding hydrogens is 246 g/mol. The molecule has 2 aromatic rings. The summed E-state index contributed by atoms with van der Waals surface area (Å²) in [4.78, 5) is 0. The van der Waals surface area contributed by atoms with Crippen molar-refractivity contribution in [1.29, 1.82) is 0 Å². The van der Waals surface area contributed by atoms with Crippen molar-refractivity contribution in [3.8, 4) is 0 Å². The molecule has 0 aliphatic carbocycles. The lowest BCUT2D eigenvalue weighted by molar-refractivity contribution is 0.859. The summed E-state index contributed by atoms with van der Waals surface area (Å²) in [6.45, 7) is 8.60. The van der Waals surface area contributed by atoms with Crippen LogP contribution in [-0.2, 0) is 11.4 Å². The maximum atomic E-state index is 4.46. The van der Waals surface area contributed by atoms with Crippen molar-refractivity contribution in [1.82, 2.24) is 15.4 Å². The molecule has 3 rings (SSSR count). The van der Waals surface area contributed by atoms with Crippen LogP contribution in [0.4, 0.5) is 11.4 Å². The van der Waals surface area contributed by atoms with Crippen molar-refractivity contribution in [3.63, 3.8) is 0 Å². The highest BCUT2D eigenvalue weighted by Gasteiger charge is 2.26. The van der Waals surface area contributed by atoms with Gasteiger partial charge in [-0.15, -0.1) is 0 Å². The van der Waals surface area contributed by atoms with Crippen molar-refractivity contribution >= 4 is 33.8 Å². The summed E-state index contributed by atoms with van der Waals surface area (Å²) < 4.78 is 8.92. The lowest BCUT2D eigenvalue weighted by atomic mass is 9.91. The largest absolute Gasteiger partial charge is 0.197 e. The summed E-state index contributed by atoms with van der Waals surface area (Å²) in [5.41, 5.74) is 6.14. The standard InChI is InChI=1S/C12H15N5S/c1-5(2)7-9-10(14-17-13-9)8(6(3)4)12-11(7)15-18-16-12/h5-6H,1-4H3,(H,13,14,17). The van der Waals surface area contributed by atoms with Gasteiger partial charge < -0.3 is 0 Å². The molecule has 5 nitrogen and oxygen atoms in total. The minimum Gasteiger partial charge on any atom is -0.197 e. The zero-order valence-electron chi connectivity index (χ0n) is 10.9. The zero-order valence-corrected chi connectivity index (χ0v) is 11.7. The number of hydrogen-bond donors (Lipinski definition) is 1. The first-order valence-electron chi connectivity index (χ1n) is 6.09. The summed E-state index contributed by atoms with van der Waals surface area (Å²) in [5.74, 6) is 0.704. The summed E-state index contributed by atoms with van der Waals surface area (Å²) >= 11 is 1.26. The van der Waals surface area contributed by atoms with Gasteiger partial charge in [-0.2, -0.15) is 24.1 Å². The Morgan fingerprint density at radius 3 is 1.67 bits per heavy atom. The van der Waals surface area contributed by atoms with Crippen LogP contribution in [-0.4, -0.2) is 15.4 Å². The predicted molar refractivity (Wildman–Crippen MR) is 73.6 cm³/mol.